The zero-order valence-electron chi connectivity index (χ0n) is 34.2. The fourth-order valence-electron chi connectivity index (χ4n) is 8.91. The van der Waals surface area contributed by atoms with E-state index in [0.717, 1.165) is 16.5 Å². The van der Waals surface area contributed by atoms with Crippen molar-refractivity contribution >= 4 is 34.5 Å². The summed E-state index contributed by atoms with van der Waals surface area (Å²) in [5, 5.41) is 25.1. The van der Waals surface area contributed by atoms with Crippen LogP contribution in [0.1, 0.15) is 86.6 Å². The van der Waals surface area contributed by atoms with Gasteiger partial charge in [-0.25, -0.2) is 0 Å². The Labute approximate surface area is 325 Å². The lowest BCUT2D eigenvalue weighted by Gasteiger charge is -2.47. The Morgan fingerprint density at radius 1 is 1.02 bits per heavy atom. The third kappa shape index (κ3) is 9.06. The number of hydrogen-bond acceptors (Lipinski definition) is 12. The van der Waals surface area contributed by atoms with E-state index in [4.69, 9.17) is 23.7 Å². The van der Waals surface area contributed by atoms with Crippen LogP contribution in [0.25, 0.3) is 17.0 Å². The van der Waals surface area contributed by atoms with E-state index in [1.165, 1.54) is 6.92 Å². The van der Waals surface area contributed by atoms with Gasteiger partial charge in [0.1, 0.15) is 29.5 Å². The fourth-order valence-corrected chi connectivity index (χ4v) is 8.91. The molecule has 0 spiro atoms. The lowest BCUT2D eigenvalue weighted by molar-refractivity contribution is -0.296. The lowest BCUT2D eigenvalue weighted by atomic mass is 9.73. The second-order valence-corrected chi connectivity index (χ2v) is 16.6. The summed E-state index contributed by atoms with van der Waals surface area (Å²) in [6.45, 7) is 14.0. The Hall–Kier alpha value is -3.10. The van der Waals surface area contributed by atoms with Crippen LogP contribution in [-0.4, -0.2) is 119 Å². The number of likely N-dealkylation sites (N-methyl/N-ethyl adjacent to an activating group) is 1. The maximum absolute atomic E-state index is 14.5. The number of para-hydroxylation sites is 1. The van der Waals surface area contributed by atoms with Gasteiger partial charge in [0.25, 0.3) is 0 Å². The second kappa shape index (κ2) is 17.6. The number of aliphatic hydroxyl groups is 2. The molecule has 3 aliphatic heterocycles. The van der Waals surface area contributed by atoms with Crippen LogP contribution in [0.4, 0.5) is 0 Å². The lowest BCUT2D eigenvalue weighted by Crippen LogP contribution is -2.60. The molecule has 2 aromatic rings. The number of aromatic nitrogens is 1. The number of hydrogen-bond donors (Lipinski definition) is 2. The number of esters is 1. The number of nitrogens with zero attached hydrogens (tertiary/aromatic N) is 2. The molecule has 1 aromatic carbocycles. The maximum atomic E-state index is 14.5. The number of fused-ring (bicyclic) bond motifs is 6. The summed E-state index contributed by atoms with van der Waals surface area (Å²) in [4.78, 5) is 49.4. The molecule has 0 aliphatic carbocycles. The Kier molecular flexibility index (Phi) is 13.8. The third-order valence-electron chi connectivity index (χ3n) is 12.2. The minimum atomic E-state index is -1.77. The van der Waals surface area contributed by atoms with Crippen molar-refractivity contribution in [3.05, 3.63) is 47.7 Å². The van der Waals surface area contributed by atoms with Gasteiger partial charge in [-0.3, -0.25) is 19.4 Å². The molecule has 3 aliphatic rings. The summed E-state index contributed by atoms with van der Waals surface area (Å²) in [6.07, 6.45) is -1.05. The second-order valence-electron chi connectivity index (χ2n) is 16.6. The number of carbonyl (C=O) groups excluding carboxylic acids is 3. The monoisotopic (exact) mass is 766 g/mol. The predicted molar refractivity (Wildman–Crippen MR) is 208 cm³/mol. The SMILES string of the molecule is CC[C@H]1OC(=O)[C@H](C)C(=O)[C@H](C)[C@@H](O[C@@H]2O[C@H](C)C[C@H](N(C)C)[C@H]2O)[C@@]2(C)C[C@@H](C)C(=O)[C@H](C)[C@H](OC/C(=C\c3cnc4ccccc4c3)CO2)[C@@]1(O)CC. The molecular weight excluding hydrogens is 704 g/mol. The van der Waals surface area contributed by atoms with E-state index >= 15 is 0 Å². The van der Waals surface area contributed by atoms with Crippen molar-refractivity contribution in [2.24, 2.45) is 23.7 Å². The Morgan fingerprint density at radius 2 is 1.73 bits per heavy atom. The van der Waals surface area contributed by atoms with Gasteiger partial charge in [0.15, 0.2) is 12.1 Å². The van der Waals surface area contributed by atoms with Gasteiger partial charge in [-0.1, -0.05) is 52.8 Å². The number of ether oxygens (including phenoxy) is 5. The first-order chi connectivity index (χ1) is 25.9. The summed E-state index contributed by atoms with van der Waals surface area (Å²) < 4.78 is 32.6. The predicted octanol–water partition coefficient (Wildman–Crippen LogP) is 5.15. The smallest absolute Gasteiger partial charge is 0.316 e. The summed E-state index contributed by atoms with van der Waals surface area (Å²) in [7, 11) is 3.76. The highest BCUT2D eigenvalue weighted by molar-refractivity contribution is 6.00. The fraction of sp³-hybridized carbons (Fsp3) is 0.674. The molecule has 0 unspecified atom stereocenters. The van der Waals surface area contributed by atoms with Crippen molar-refractivity contribution in [3.63, 3.8) is 0 Å². The topological polar surface area (TPSA) is 154 Å². The molecular formula is C43H62N2O10. The molecule has 3 saturated heterocycles. The molecule has 5 rings (SSSR count). The van der Waals surface area contributed by atoms with Gasteiger partial charge in [0.2, 0.25) is 0 Å². The highest BCUT2D eigenvalue weighted by Crippen LogP contribution is 2.41. The normalized spacial score (nSPS) is 39.4. The number of pyridine rings is 1. The average molecular weight is 767 g/mol. The standard InChI is InChI=1S/C43H62N2O10/c1-11-34-43(50,12-2)39-26(5)35(46)24(3)20-42(8,52-23-30(22-51-39)18-29-19-31-15-13-14-16-32(31)44-21-29)38(27(6)36(47)28(7)40(49)54-34)55-41-37(48)33(45(9)10)17-25(4)53-41/h13-16,18-19,21,24-28,33-34,37-39,41,48,50H,11-12,17,20,22-23H2,1-10H3/b30-18+/t24-,25-,26+,27+,28-,33+,34-,37-,38-,39+,41+,42-,43-/m1/s1. The molecule has 0 amide bonds. The summed E-state index contributed by atoms with van der Waals surface area (Å²) in [5.41, 5.74) is -0.795. The first kappa shape index (κ1) is 43.0. The molecule has 3 fully saturated rings. The molecule has 12 heteroatoms. The van der Waals surface area contributed by atoms with E-state index in [2.05, 4.69) is 4.98 Å². The van der Waals surface area contributed by atoms with E-state index in [9.17, 15) is 24.6 Å². The van der Waals surface area contributed by atoms with Crippen LogP contribution < -0.4 is 0 Å². The molecule has 2 bridgehead atoms. The molecule has 13 atom stereocenters. The van der Waals surface area contributed by atoms with Crippen LogP contribution >= 0.6 is 0 Å². The van der Waals surface area contributed by atoms with Crippen LogP contribution in [0.15, 0.2) is 42.1 Å². The zero-order chi connectivity index (χ0) is 40.4. The number of benzene rings is 1. The van der Waals surface area contributed by atoms with Crippen LogP contribution in [0.2, 0.25) is 0 Å². The summed E-state index contributed by atoms with van der Waals surface area (Å²) >= 11 is 0. The first-order valence-electron chi connectivity index (χ1n) is 19.9. The van der Waals surface area contributed by atoms with Gasteiger partial charge in [-0.05, 0) is 89.9 Å². The zero-order valence-corrected chi connectivity index (χ0v) is 34.2. The van der Waals surface area contributed by atoms with Crippen LogP contribution in [-0.2, 0) is 38.1 Å². The molecule has 304 valence electrons. The summed E-state index contributed by atoms with van der Waals surface area (Å²) in [5.74, 6) is -5.14. The van der Waals surface area contributed by atoms with Crippen molar-refractivity contribution < 1.29 is 48.3 Å². The van der Waals surface area contributed by atoms with Gasteiger partial charge in [-0.2, -0.15) is 0 Å². The van der Waals surface area contributed by atoms with Crippen molar-refractivity contribution in [1.29, 1.82) is 0 Å². The van der Waals surface area contributed by atoms with Crippen LogP contribution in [0, 0.1) is 23.7 Å². The van der Waals surface area contributed by atoms with Crippen molar-refractivity contribution in [2.45, 2.75) is 135 Å². The summed E-state index contributed by atoms with van der Waals surface area (Å²) in [6, 6.07) is 9.52. The molecule has 4 heterocycles. The largest absolute Gasteiger partial charge is 0.459 e. The van der Waals surface area contributed by atoms with Crippen molar-refractivity contribution in [3.8, 4) is 0 Å². The number of Topliss-reactive ketones (excluding diaryl/α,β-unsaturated/α-hetero) is 2. The Bertz CT molecular complexity index is 1720. The van der Waals surface area contributed by atoms with Gasteiger partial charge in [0, 0.05) is 35.4 Å². The minimum Gasteiger partial charge on any atom is -0.459 e. The number of rotatable bonds is 6. The van der Waals surface area contributed by atoms with Crippen molar-refractivity contribution in [1.82, 2.24) is 9.88 Å². The van der Waals surface area contributed by atoms with E-state index in [0.29, 0.717) is 12.0 Å². The van der Waals surface area contributed by atoms with Gasteiger partial charge in [0.05, 0.1) is 42.6 Å². The maximum Gasteiger partial charge on any atom is 0.316 e. The Balaban J connectivity index is 1.70. The number of aliphatic hydroxyl groups excluding tert-OH is 1. The quantitative estimate of drug-likeness (QED) is 0.295. The highest BCUT2D eigenvalue weighted by atomic mass is 16.7. The number of carbonyl (C=O) groups is 3. The number of cyclic esters (lactones) is 1. The average Bonchev–Trinajstić information content (AvgIpc) is 3.17. The van der Waals surface area contributed by atoms with Gasteiger partial charge >= 0.3 is 5.97 Å². The highest BCUT2D eigenvalue weighted by Gasteiger charge is 2.54. The van der Waals surface area contributed by atoms with E-state index in [-0.39, 0.29) is 50.4 Å². The molecule has 1 aromatic heterocycles. The van der Waals surface area contributed by atoms with E-state index in [1.807, 2.05) is 76.2 Å². The molecule has 0 radical (unpaired) electrons. The van der Waals surface area contributed by atoms with Crippen LogP contribution in [0.3, 0.4) is 0 Å². The van der Waals surface area contributed by atoms with Gasteiger partial charge < -0.3 is 38.8 Å². The van der Waals surface area contributed by atoms with E-state index < -0.39 is 77.3 Å². The molecule has 55 heavy (non-hydrogen) atoms. The first-order valence-corrected chi connectivity index (χ1v) is 19.9. The Morgan fingerprint density at radius 3 is 2.40 bits per heavy atom. The van der Waals surface area contributed by atoms with Gasteiger partial charge in [-0.15, -0.1) is 0 Å². The molecule has 2 N–H and O–H groups in total. The number of ketones is 2. The minimum absolute atomic E-state index is 0.00363. The molecule has 12 nitrogen and oxygen atoms in total. The van der Waals surface area contributed by atoms with Crippen LogP contribution in [0.5, 0.6) is 0 Å². The molecule has 0 saturated carbocycles. The third-order valence-corrected chi connectivity index (χ3v) is 12.2. The van der Waals surface area contributed by atoms with E-state index in [1.54, 1.807) is 33.9 Å². The van der Waals surface area contributed by atoms with Crippen molar-refractivity contribution in [2.75, 3.05) is 27.3 Å².